The van der Waals surface area contributed by atoms with Gasteiger partial charge in [-0.1, -0.05) is 42.0 Å². The third-order valence-corrected chi connectivity index (χ3v) is 6.17. The van der Waals surface area contributed by atoms with E-state index >= 15 is 0 Å². The molecule has 2 heterocycles. The molecule has 32 heavy (non-hydrogen) atoms. The summed E-state index contributed by atoms with van der Waals surface area (Å²) in [4.78, 5) is 8.46. The molecule has 0 spiro atoms. The summed E-state index contributed by atoms with van der Waals surface area (Å²) in [6.45, 7) is 9.19. The molecule has 4 rings (SSSR count). The van der Waals surface area contributed by atoms with Crippen molar-refractivity contribution in [3.8, 4) is 5.75 Å². The number of nitrogens with one attached hydrogen (secondary N) is 1. The first kappa shape index (κ1) is 22.2. The van der Waals surface area contributed by atoms with Gasteiger partial charge in [0.05, 0.1) is 0 Å². The molecule has 1 saturated heterocycles. The number of anilines is 1. The highest BCUT2D eigenvalue weighted by molar-refractivity contribution is 5.51. The maximum Gasteiger partial charge on any atom is 0.119 e. The number of H-pyrrole nitrogens is 1. The van der Waals surface area contributed by atoms with E-state index in [4.69, 9.17) is 4.74 Å². The lowest BCUT2D eigenvalue weighted by atomic mass is 10.0. The maximum absolute atomic E-state index is 5.99. The van der Waals surface area contributed by atoms with Crippen LogP contribution in [0.1, 0.15) is 37.9 Å². The highest BCUT2D eigenvalue weighted by Gasteiger charge is 2.24. The van der Waals surface area contributed by atoms with Crippen molar-refractivity contribution in [2.45, 2.75) is 45.9 Å². The summed E-state index contributed by atoms with van der Waals surface area (Å²) in [5, 5.41) is 0. The molecule has 1 N–H and O–H groups in total. The van der Waals surface area contributed by atoms with Gasteiger partial charge >= 0.3 is 0 Å². The fourth-order valence-corrected chi connectivity index (χ4v) is 4.32. The molecule has 168 valence electrons. The Balaban J connectivity index is 1.38. The van der Waals surface area contributed by atoms with E-state index in [1.807, 2.05) is 24.4 Å². The van der Waals surface area contributed by atoms with Crippen LogP contribution in [0.5, 0.6) is 5.75 Å². The third kappa shape index (κ3) is 6.27. The van der Waals surface area contributed by atoms with E-state index in [-0.39, 0.29) is 0 Å². The minimum Gasteiger partial charge on any atom is -0.489 e. The molecule has 0 atom stereocenters. The summed E-state index contributed by atoms with van der Waals surface area (Å²) in [7, 11) is 0. The average Bonchev–Trinajstić information content (AvgIpc) is 3.33. The quantitative estimate of drug-likeness (QED) is 0.421. The number of benzene rings is 2. The molecule has 0 bridgehead atoms. The lowest BCUT2D eigenvalue weighted by Crippen LogP contribution is -2.45. The Labute approximate surface area is 192 Å². The fraction of sp³-hybridized carbons (Fsp3) is 0.357. The maximum atomic E-state index is 5.99. The normalized spacial score (nSPS) is 14.8. The van der Waals surface area contributed by atoms with Crippen molar-refractivity contribution in [1.29, 1.82) is 0 Å². The van der Waals surface area contributed by atoms with Gasteiger partial charge in [0.25, 0.3) is 0 Å². The summed E-state index contributed by atoms with van der Waals surface area (Å²) in [6.07, 6.45) is 6.72. The highest BCUT2D eigenvalue weighted by atomic mass is 16.5. The molecule has 1 aliphatic rings. The van der Waals surface area contributed by atoms with Crippen molar-refractivity contribution in [3.63, 3.8) is 0 Å². The zero-order valence-corrected chi connectivity index (χ0v) is 19.3. The predicted molar refractivity (Wildman–Crippen MR) is 133 cm³/mol. The van der Waals surface area contributed by atoms with Crippen LogP contribution in [0.4, 0.5) is 5.69 Å². The van der Waals surface area contributed by atoms with Gasteiger partial charge in [0.15, 0.2) is 0 Å². The van der Waals surface area contributed by atoms with Crippen molar-refractivity contribution in [3.05, 3.63) is 95.8 Å². The number of allylic oxidation sites excluding steroid dienone is 1. The first-order chi connectivity index (χ1) is 15.7. The molecule has 0 saturated carbocycles. The predicted octanol–water partition coefficient (Wildman–Crippen LogP) is 6.03. The first-order valence-electron chi connectivity index (χ1n) is 11.7. The topological polar surface area (TPSA) is 31.5 Å². The van der Waals surface area contributed by atoms with Crippen LogP contribution in [0.2, 0.25) is 0 Å². The zero-order valence-electron chi connectivity index (χ0n) is 19.3. The summed E-state index contributed by atoms with van der Waals surface area (Å²) in [6, 6.07) is 23.8. The lowest BCUT2D eigenvalue weighted by molar-refractivity contribution is 0.200. The van der Waals surface area contributed by atoms with Gasteiger partial charge in [0.2, 0.25) is 0 Å². The molecule has 0 amide bonds. The van der Waals surface area contributed by atoms with Gasteiger partial charge < -0.3 is 14.6 Å². The second kappa shape index (κ2) is 11.1. The van der Waals surface area contributed by atoms with E-state index in [1.54, 1.807) is 0 Å². The third-order valence-electron chi connectivity index (χ3n) is 6.17. The number of likely N-dealkylation sites (tertiary alicyclic amines) is 1. The Morgan fingerprint density at radius 2 is 1.75 bits per heavy atom. The summed E-state index contributed by atoms with van der Waals surface area (Å²) < 4.78 is 5.99. The molecule has 3 aromatic rings. The molecule has 0 aliphatic carbocycles. The molecular weight excluding hydrogens is 394 g/mol. The minimum atomic E-state index is 0.557. The molecule has 1 fully saturated rings. The lowest BCUT2D eigenvalue weighted by Gasteiger charge is -2.39. The van der Waals surface area contributed by atoms with Crippen molar-refractivity contribution < 1.29 is 4.74 Å². The number of ether oxygens (including phenoxy) is 1. The van der Waals surface area contributed by atoms with Gasteiger partial charge in [-0.3, -0.25) is 4.90 Å². The number of hydrogen-bond acceptors (Lipinski definition) is 3. The van der Waals surface area contributed by atoms with Crippen LogP contribution >= 0.6 is 0 Å². The van der Waals surface area contributed by atoms with Gasteiger partial charge in [-0.05, 0) is 68.7 Å². The number of piperidine rings is 1. The minimum absolute atomic E-state index is 0.557. The first-order valence-corrected chi connectivity index (χ1v) is 11.7. The Morgan fingerprint density at radius 1 is 1.00 bits per heavy atom. The SMILES string of the molecule is CC(C)=CCN(c1ccc(OCc2ccccc2)cc1)C1CCN(Cc2ccc[nH]2)CC1. The second-order valence-electron chi connectivity index (χ2n) is 8.90. The van der Waals surface area contributed by atoms with Crippen molar-refractivity contribution >= 4 is 5.69 Å². The summed E-state index contributed by atoms with van der Waals surface area (Å²) >= 11 is 0. The Kier molecular flexibility index (Phi) is 7.68. The molecule has 4 nitrogen and oxygen atoms in total. The zero-order chi connectivity index (χ0) is 22.2. The number of nitrogens with zero attached hydrogens (tertiary/aromatic N) is 2. The Bertz CT molecular complexity index is 952. The largest absolute Gasteiger partial charge is 0.489 e. The van der Waals surface area contributed by atoms with Crippen LogP contribution in [0.3, 0.4) is 0 Å². The summed E-state index contributed by atoms with van der Waals surface area (Å²) in [5.74, 6) is 0.917. The summed E-state index contributed by atoms with van der Waals surface area (Å²) in [5.41, 5.74) is 5.13. The van der Waals surface area contributed by atoms with E-state index < -0.39 is 0 Å². The fourth-order valence-electron chi connectivity index (χ4n) is 4.32. The number of aromatic amines is 1. The Hall–Kier alpha value is -2.98. The van der Waals surface area contributed by atoms with Crippen LogP contribution in [-0.2, 0) is 13.2 Å². The van der Waals surface area contributed by atoms with E-state index in [2.05, 4.69) is 83.2 Å². The van der Waals surface area contributed by atoms with E-state index in [0.717, 1.165) is 31.9 Å². The molecule has 2 aromatic carbocycles. The van der Waals surface area contributed by atoms with Crippen molar-refractivity contribution in [1.82, 2.24) is 9.88 Å². The van der Waals surface area contributed by atoms with Crippen LogP contribution < -0.4 is 9.64 Å². The number of rotatable bonds is 9. The van der Waals surface area contributed by atoms with E-state index in [1.165, 1.54) is 35.4 Å². The van der Waals surface area contributed by atoms with Crippen molar-refractivity contribution in [2.24, 2.45) is 0 Å². The van der Waals surface area contributed by atoms with Crippen LogP contribution in [0.15, 0.2) is 84.6 Å². The van der Waals surface area contributed by atoms with Gasteiger partial charge in [-0.25, -0.2) is 0 Å². The smallest absolute Gasteiger partial charge is 0.119 e. The molecule has 0 unspecified atom stereocenters. The standard InChI is InChI=1S/C28H35N3O/c1-23(2)14-20-31(27-15-18-30(19-16-27)21-25-9-6-17-29-25)26-10-12-28(13-11-26)32-22-24-7-4-3-5-8-24/h3-14,17,27,29H,15-16,18-22H2,1-2H3. The van der Waals surface area contributed by atoms with Crippen LogP contribution in [0.25, 0.3) is 0 Å². The van der Waals surface area contributed by atoms with E-state index in [9.17, 15) is 0 Å². The average molecular weight is 430 g/mol. The van der Waals surface area contributed by atoms with Gasteiger partial charge in [0.1, 0.15) is 12.4 Å². The second-order valence-corrected chi connectivity index (χ2v) is 8.90. The van der Waals surface area contributed by atoms with Gasteiger partial charge in [-0.2, -0.15) is 0 Å². The van der Waals surface area contributed by atoms with Crippen LogP contribution in [0, 0.1) is 0 Å². The monoisotopic (exact) mass is 429 g/mol. The Morgan fingerprint density at radius 3 is 2.41 bits per heavy atom. The molecule has 4 heteroatoms. The van der Waals surface area contributed by atoms with Gasteiger partial charge in [0, 0.05) is 49.8 Å². The number of hydrogen-bond donors (Lipinski definition) is 1. The molecular formula is C28H35N3O. The molecule has 1 aromatic heterocycles. The van der Waals surface area contributed by atoms with Crippen LogP contribution in [-0.4, -0.2) is 35.6 Å². The molecule has 0 radical (unpaired) electrons. The van der Waals surface area contributed by atoms with Crippen molar-refractivity contribution in [2.75, 3.05) is 24.5 Å². The molecule has 1 aliphatic heterocycles. The highest BCUT2D eigenvalue weighted by Crippen LogP contribution is 2.27. The number of aromatic nitrogens is 1. The van der Waals surface area contributed by atoms with E-state index in [0.29, 0.717) is 12.6 Å². The van der Waals surface area contributed by atoms with Gasteiger partial charge in [-0.15, -0.1) is 0 Å².